The molecule has 0 saturated heterocycles. The smallest absolute Gasteiger partial charge is 0.161 e. The predicted octanol–water partition coefficient (Wildman–Crippen LogP) is 19.1. The van der Waals surface area contributed by atoms with Crippen LogP contribution in [-0.2, 0) is 27.2 Å². The molecule has 0 aliphatic rings. The van der Waals surface area contributed by atoms with Gasteiger partial charge in [0.25, 0.3) is 0 Å². The van der Waals surface area contributed by atoms with Crippen molar-refractivity contribution < 1.29 is 18.9 Å². The maximum Gasteiger partial charge on any atom is 0.161 e. The molecule has 0 saturated carbocycles. The number of rotatable bonds is 18. The van der Waals surface area contributed by atoms with E-state index in [1.165, 1.54) is 6.33 Å². The van der Waals surface area contributed by atoms with Crippen molar-refractivity contribution in [2.75, 3.05) is 46.7 Å². The number of anilines is 1. The molecule has 0 aliphatic heterocycles. The van der Waals surface area contributed by atoms with E-state index in [-0.39, 0.29) is 0 Å². The fourth-order valence-corrected chi connectivity index (χ4v) is 18.1. The molecule has 18 rings (SSSR count). The van der Waals surface area contributed by atoms with Gasteiger partial charge in [-0.2, -0.15) is 0 Å². The lowest BCUT2D eigenvalue weighted by Gasteiger charge is -2.12. The van der Waals surface area contributed by atoms with Crippen LogP contribution < -0.4 is 24.7 Å². The Morgan fingerprint density at radius 2 is 0.716 bits per heavy atom. The fraction of sp³-hybridized carbons (Fsp3) is 0.122. The van der Waals surface area contributed by atoms with Gasteiger partial charge in [-0.25, -0.2) is 59.8 Å². The summed E-state index contributed by atoms with van der Waals surface area (Å²) in [7, 11) is 10.6. The van der Waals surface area contributed by atoms with Crippen LogP contribution in [-0.4, -0.2) is 119 Å². The van der Waals surface area contributed by atoms with Crippen LogP contribution in [0.25, 0.3) is 128 Å². The second-order valence-electron chi connectivity index (χ2n) is 24.5. The second-order valence-corrected chi connectivity index (χ2v) is 30.2. The largest absolute Gasteiger partial charge is 0.493 e. The third-order valence-corrected chi connectivity index (χ3v) is 23.4. The molecule has 12 aromatic heterocycles. The number of imidazole rings is 4. The molecule has 0 spiro atoms. The molecule has 0 bridgehead atoms. The summed E-state index contributed by atoms with van der Waals surface area (Å²) in [5.74, 6) is 3.36. The van der Waals surface area contributed by atoms with Crippen LogP contribution in [0, 0.1) is 0 Å². The highest BCUT2D eigenvalue weighted by Crippen LogP contribution is 2.45. The van der Waals surface area contributed by atoms with E-state index >= 15 is 0 Å². The predicted molar refractivity (Wildman–Crippen MR) is 444 cm³/mol. The van der Waals surface area contributed by atoms with E-state index in [0.717, 1.165) is 149 Å². The van der Waals surface area contributed by atoms with Gasteiger partial charge in [-0.1, -0.05) is 133 Å². The van der Waals surface area contributed by atoms with E-state index in [1.807, 2.05) is 172 Å². The van der Waals surface area contributed by atoms with E-state index in [4.69, 9.17) is 34.6 Å². The first kappa shape index (κ1) is 72.6. The van der Waals surface area contributed by atoms with Gasteiger partial charge >= 0.3 is 0 Å². The molecule has 0 radical (unpaired) electrons. The zero-order valence-electron chi connectivity index (χ0n) is 60.2. The first-order chi connectivity index (χ1) is 53.5. The molecule has 21 nitrogen and oxygen atoms in total. The third kappa shape index (κ3) is 15.4. The molecule has 0 amide bonds. The number of nitrogens with zero attached hydrogens (tertiary/aromatic N) is 16. The van der Waals surface area contributed by atoms with Crippen LogP contribution in [0.4, 0.5) is 5.82 Å². The van der Waals surface area contributed by atoms with Gasteiger partial charge in [0.2, 0.25) is 0 Å². The van der Waals surface area contributed by atoms with E-state index in [2.05, 4.69) is 136 Å². The molecule has 109 heavy (non-hydrogen) atoms. The van der Waals surface area contributed by atoms with Gasteiger partial charge in [-0.3, -0.25) is 0 Å². The molecule has 0 fully saturated rings. The monoisotopic (exact) mass is 1550 g/mol. The topological polar surface area (TPSA) is 237 Å². The third-order valence-electron chi connectivity index (χ3n) is 17.8. The number of thiophene rings is 4. The van der Waals surface area contributed by atoms with Gasteiger partial charge in [0.15, 0.2) is 23.0 Å². The summed E-state index contributed by atoms with van der Waals surface area (Å²) in [6.07, 6.45) is 19.8. The Kier molecular flexibility index (Phi) is 22.0. The zero-order valence-corrected chi connectivity index (χ0v) is 65.1. The maximum atomic E-state index is 5.94. The molecule has 2 N–H and O–H groups in total. The number of benzene rings is 6. The first-order valence-corrected chi connectivity index (χ1v) is 39.8. The first-order valence-electron chi connectivity index (χ1n) is 34.0. The Morgan fingerprint density at radius 1 is 0.358 bits per heavy atom. The normalized spacial score (nSPS) is 11.1. The van der Waals surface area contributed by atoms with Crippen molar-refractivity contribution in [3.05, 3.63) is 250 Å². The van der Waals surface area contributed by atoms with Crippen LogP contribution in [0.15, 0.2) is 249 Å². The maximum absolute atomic E-state index is 5.94. The Bertz CT molecular complexity index is 6140. The SMILES string of the molecule is COc1ccc(Cn2cnc(-c3ccccc3)c2-c2cc3c(SC)ncnc3s2)cc1OC.COc1ccc(Cn2cnc(-c3ccccc3)c2-c2cc3cncnc3s2)cc1OC.CSc1ncnc2sc(-c3c(-c4ccccc4)ncn3C)cc12.Cn1cnc(-c2ccccc2)c1-c1cc2c(N)ncnc2s1. The second kappa shape index (κ2) is 33.0. The molecule has 0 aliphatic carbocycles. The minimum Gasteiger partial charge on any atom is -0.493 e. The highest BCUT2D eigenvalue weighted by molar-refractivity contribution is 7.99. The van der Waals surface area contributed by atoms with Gasteiger partial charge in [-0.05, 0) is 72.2 Å². The van der Waals surface area contributed by atoms with Crippen molar-refractivity contribution in [3.63, 3.8) is 0 Å². The summed E-state index contributed by atoms with van der Waals surface area (Å²) >= 11 is 9.87. The Morgan fingerprint density at radius 3 is 1.12 bits per heavy atom. The van der Waals surface area contributed by atoms with E-state index < -0.39 is 0 Å². The van der Waals surface area contributed by atoms with Crippen LogP contribution in [0.3, 0.4) is 0 Å². The average Bonchev–Trinajstić information content (AvgIpc) is 1.64. The quantitative estimate of drug-likeness (QED) is 0.0620. The van der Waals surface area contributed by atoms with E-state index in [9.17, 15) is 0 Å². The molecule has 12 heterocycles. The molecule has 18 aromatic rings. The van der Waals surface area contributed by atoms with Gasteiger partial charge in [0.05, 0.1) is 124 Å². The van der Waals surface area contributed by atoms with E-state index in [1.54, 1.807) is 116 Å². The van der Waals surface area contributed by atoms with Crippen molar-refractivity contribution in [3.8, 4) is 110 Å². The molecular weight excluding hydrogens is 1480 g/mol. The molecule has 27 heteroatoms. The Balaban J connectivity index is 0.000000117. The lowest BCUT2D eigenvalue weighted by molar-refractivity contribution is 0.354. The number of nitrogen functional groups attached to an aromatic ring is 1. The highest BCUT2D eigenvalue weighted by atomic mass is 32.2. The van der Waals surface area contributed by atoms with Crippen molar-refractivity contribution in [2.45, 2.75) is 23.1 Å². The molecule has 0 unspecified atom stereocenters. The summed E-state index contributed by atoms with van der Waals surface area (Å²) in [6, 6.07) is 61.4. The van der Waals surface area contributed by atoms with Gasteiger partial charge in [0.1, 0.15) is 60.5 Å². The Hall–Kier alpha value is -12.0. The van der Waals surface area contributed by atoms with Crippen LogP contribution in [0.2, 0.25) is 0 Å². The molecule has 6 aromatic carbocycles. The summed E-state index contributed by atoms with van der Waals surface area (Å²) < 4.78 is 30.2. The zero-order chi connectivity index (χ0) is 74.9. The van der Waals surface area contributed by atoms with Crippen molar-refractivity contribution in [1.82, 2.24) is 78.1 Å². The lowest BCUT2D eigenvalue weighted by atomic mass is 10.1. The summed E-state index contributed by atoms with van der Waals surface area (Å²) in [4.78, 5) is 61.7. The number of hydrogen-bond acceptors (Lipinski definition) is 23. The molecule has 542 valence electrons. The van der Waals surface area contributed by atoms with Gasteiger partial charge in [-0.15, -0.1) is 68.9 Å². The van der Waals surface area contributed by atoms with Gasteiger partial charge in [0, 0.05) is 71.8 Å². The lowest BCUT2D eigenvalue weighted by Crippen LogP contribution is -2.01. The minimum absolute atomic E-state index is 0.510. The van der Waals surface area contributed by atoms with Crippen LogP contribution in [0.5, 0.6) is 23.0 Å². The van der Waals surface area contributed by atoms with Crippen LogP contribution >= 0.6 is 68.9 Å². The standard InChI is InChI=1S/C25H22N4O2S2.C24H20N4O2S.C17H14N4S2.C16H13N5S/c1-30-19-10-9-16(11-20(19)31-2)13-29-15-28-22(17-7-5-4-6-8-17)23(29)21-12-18-24(32-3)26-14-27-25(18)33-21;1-29-19-9-8-16(10-20(19)30-2)13-28-15-27-22(17-6-4-3-5-7-17)23(28)21-11-18-12-25-14-26-24(18)31-21;1-21-10-20-14(11-6-4-3-5-7-11)15(21)13-8-12-16(22-2)18-9-19-17(12)23-13;1-21-9-20-13(10-5-3-2-4-6-10)14(21)12-7-11-15(17)18-8-19-16(11)22-12/h4-12,14-15H,13H2,1-3H3;3-12,14-15H,13H2,1-2H3;3-10H,1-2H3;2-9H,1H3,(H2,17,18,19). The van der Waals surface area contributed by atoms with Crippen molar-refractivity contribution >= 4 is 116 Å². The Labute approximate surface area is 651 Å². The number of aromatic nitrogens is 16. The average molecular weight is 1550 g/mol. The number of methoxy groups -OCH3 is 4. The minimum atomic E-state index is 0.510. The van der Waals surface area contributed by atoms with Crippen molar-refractivity contribution in [1.29, 1.82) is 0 Å². The number of aryl methyl sites for hydroxylation is 2. The van der Waals surface area contributed by atoms with E-state index in [0.29, 0.717) is 41.9 Å². The number of thioether (sulfide) groups is 2. The van der Waals surface area contributed by atoms with Crippen molar-refractivity contribution in [2.24, 2.45) is 14.1 Å². The fourth-order valence-electron chi connectivity index (χ4n) is 12.7. The summed E-state index contributed by atoms with van der Waals surface area (Å²) in [6.45, 7) is 1.29. The number of nitrogens with two attached hydrogens (primary N) is 1. The summed E-state index contributed by atoms with van der Waals surface area (Å²) in [5.41, 5.74) is 20.6. The van der Waals surface area contributed by atoms with Crippen LogP contribution in [0.1, 0.15) is 11.1 Å². The highest BCUT2D eigenvalue weighted by Gasteiger charge is 2.24. The molecular formula is C82H69N17O4S6. The molecule has 0 atom stereocenters. The number of fused-ring (bicyclic) bond motifs is 4. The number of ether oxygens (including phenoxy) is 4. The summed E-state index contributed by atoms with van der Waals surface area (Å²) in [5, 5.41) is 6.10. The van der Waals surface area contributed by atoms with Gasteiger partial charge < -0.3 is 42.9 Å². The number of hydrogen-bond donors (Lipinski definition) is 1.